The monoisotopic (exact) mass is 401 g/mol. The van der Waals surface area contributed by atoms with E-state index in [2.05, 4.69) is 17.1 Å². The van der Waals surface area contributed by atoms with Crippen LogP contribution in [0.2, 0.25) is 0 Å². The van der Waals surface area contributed by atoms with Gasteiger partial charge in [0, 0.05) is 43.9 Å². The molecule has 7 heteroatoms. The second-order valence-electron chi connectivity index (χ2n) is 6.94. The maximum absolute atomic E-state index is 12.9. The molecule has 0 N–H and O–H groups in total. The van der Waals surface area contributed by atoms with Gasteiger partial charge in [-0.15, -0.1) is 0 Å². The molecule has 1 aliphatic heterocycles. The molecule has 2 heterocycles. The van der Waals surface area contributed by atoms with Crippen LogP contribution in [-0.4, -0.2) is 36.5 Å². The van der Waals surface area contributed by atoms with Crippen LogP contribution in [0.15, 0.2) is 58.8 Å². The first-order valence-corrected chi connectivity index (χ1v) is 11.2. The number of aryl methyl sites for hydroxylation is 1. The number of benzene rings is 1. The Balaban J connectivity index is 1.53. The first-order valence-electron chi connectivity index (χ1n) is 9.75. The molecule has 2 aromatic rings. The first-order chi connectivity index (χ1) is 13.6. The van der Waals surface area contributed by atoms with Gasteiger partial charge in [-0.25, -0.2) is 8.42 Å². The minimum atomic E-state index is -3.46. The van der Waals surface area contributed by atoms with Crippen LogP contribution in [0, 0.1) is 0 Å². The average molecular weight is 402 g/mol. The molecule has 6 nitrogen and oxygen atoms in total. The minimum absolute atomic E-state index is 0.362. The highest BCUT2D eigenvalue weighted by Gasteiger charge is 2.28. The number of nitrogens with zero attached hydrogens (tertiary/aromatic N) is 3. The molecule has 1 aromatic heterocycles. The van der Waals surface area contributed by atoms with Gasteiger partial charge in [-0.1, -0.05) is 36.7 Å². The van der Waals surface area contributed by atoms with E-state index in [9.17, 15) is 8.42 Å². The van der Waals surface area contributed by atoms with Crippen molar-refractivity contribution in [3.05, 3.63) is 59.9 Å². The number of hydrogen-bond acceptors (Lipinski definition) is 5. The van der Waals surface area contributed by atoms with E-state index in [1.165, 1.54) is 9.87 Å². The summed E-state index contributed by atoms with van der Waals surface area (Å²) < 4.78 is 27.3. The summed E-state index contributed by atoms with van der Waals surface area (Å²) >= 11 is 0. The molecular formula is C21H27N3O3S. The van der Waals surface area contributed by atoms with Crippen LogP contribution in [0.4, 0.5) is 0 Å². The van der Waals surface area contributed by atoms with Crippen LogP contribution in [0.25, 0.3) is 0 Å². The van der Waals surface area contributed by atoms with Crippen LogP contribution >= 0.6 is 0 Å². The molecule has 1 fully saturated rings. The van der Waals surface area contributed by atoms with Gasteiger partial charge in [0.15, 0.2) is 0 Å². The van der Waals surface area contributed by atoms with E-state index in [1.54, 1.807) is 24.5 Å². The molecule has 0 aliphatic carbocycles. The third kappa shape index (κ3) is 5.39. The smallest absolute Gasteiger partial charge is 0.243 e. The molecule has 28 heavy (non-hydrogen) atoms. The predicted molar refractivity (Wildman–Crippen MR) is 110 cm³/mol. The van der Waals surface area contributed by atoms with Crippen LogP contribution in [0.5, 0.6) is 0 Å². The molecule has 0 bridgehead atoms. The number of sulfonamides is 1. The first kappa shape index (κ1) is 20.5. The second kappa shape index (κ2) is 9.80. The lowest BCUT2D eigenvalue weighted by atomic mass is 10.1. The van der Waals surface area contributed by atoms with Gasteiger partial charge >= 0.3 is 0 Å². The van der Waals surface area contributed by atoms with Crippen molar-refractivity contribution in [2.24, 2.45) is 5.16 Å². The zero-order chi connectivity index (χ0) is 19.8. The number of piperidine rings is 1. The van der Waals surface area contributed by atoms with Gasteiger partial charge in [0.2, 0.25) is 10.0 Å². The molecule has 0 amide bonds. The summed E-state index contributed by atoms with van der Waals surface area (Å²) in [5.74, 6) is 0. The average Bonchev–Trinajstić information content (AvgIpc) is 2.74. The fraction of sp³-hybridized carbons (Fsp3) is 0.429. The summed E-state index contributed by atoms with van der Waals surface area (Å²) in [5.41, 5.74) is 3.03. The Bertz CT molecular complexity index is 871. The van der Waals surface area contributed by atoms with E-state index < -0.39 is 10.0 Å². The number of unbranched alkanes of at least 4 members (excludes halogenated alkanes) is 1. The fourth-order valence-electron chi connectivity index (χ4n) is 3.12. The highest BCUT2D eigenvalue weighted by atomic mass is 32.2. The van der Waals surface area contributed by atoms with E-state index in [-0.39, 0.29) is 0 Å². The summed E-state index contributed by atoms with van der Waals surface area (Å²) in [4.78, 5) is 9.79. The SMILES string of the molecule is CCCCc1ccc(S(=O)(=O)N2CCC(=NOCc3cccnc3)CC2)cc1. The number of pyridine rings is 1. The molecular weight excluding hydrogens is 374 g/mol. The van der Waals surface area contributed by atoms with Crippen LogP contribution in [0.3, 0.4) is 0 Å². The van der Waals surface area contributed by atoms with E-state index in [4.69, 9.17) is 4.84 Å². The third-order valence-electron chi connectivity index (χ3n) is 4.83. The van der Waals surface area contributed by atoms with Crippen molar-refractivity contribution in [1.29, 1.82) is 0 Å². The predicted octanol–water partition coefficient (Wildman–Crippen LogP) is 3.78. The lowest BCUT2D eigenvalue weighted by molar-refractivity contribution is 0.128. The van der Waals surface area contributed by atoms with Crippen molar-refractivity contribution in [2.45, 2.75) is 50.5 Å². The third-order valence-corrected chi connectivity index (χ3v) is 6.74. The maximum atomic E-state index is 12.9. The van der Waals surface area contributed by atoms with Crippen LogP contribution in [0.1, 0.15) is 43.7 Å². The topological polar surface area (TPSA) is 71.9 Å². The Morgan fingerprint density at radius 2 is 1.86 bits per heavy atom. The lowest BCUT2D eigenvalue weighted by Gasteiger charge is -2.26. The van der Waals surface area contributed by atoms with Crippen molar-refractivity contribution < 1.29 is 13.3 Å². The Labute approximate surface area is 167 Å². The van der Waals surface area contributed by atoms with Gasteiger partial charge in [-0.05, 0) is 36.6 Å². The number of hydrogen-bond donors (Lipinski definition) is 0. The fourth-order valence-corrected chi connectivity index (χ4v) is 4.56. The van der Waals surface area contributed by atoms with Gasteiger partial charge in [-0.2, -0.15) is 4.31 Å². The van der Waals surface area contributed by atoms with Crippen molar-refractivity contribution in [3.8, 4) is 0 Å². The molecule has 0 atom stereocenters. The Morgan fingerprint density at radius 1 is 1.11 bits per heavy atom. The molecule has 0 spiro atoms. The van der Waals surface area contributed by atoms with E-state index in [0.717, 1.165) is 30.5 Å². The molecule has 150 valence electrons. The normalized spacial score (nSPS) is 15.4. The minimum Gasteiger partial charge on any atom is -0.391 e. The summed E-state index contributed by atoms with van der Waals surface area (Å²) in [7, 11) is -3.46. The van der Waals surface area contributed by atoms with Crippen LogP contribution < -0.4 is 0 Å². The Hall–Kier alpha value is -2.25. The molecule has 1 aromatic carbocycles. The van der Waals surface area contributed by atoms with Gasteiger partial charge < -0.3 is 4.84 Å². The molecule has 0 unspecified atom stereocenters. The number of aromatic nitrogens is 1. The van der Waals surface area contributed by atoms with E-state index in [0.29, 0.717) is 37.4 Å². The van der Waals surface area contributed by atoms with Gasteiger partial charge in [0.25, 0.3) is 0 Å². The Kier molecular flexibility index (Phi) is 7.17. The quantitative estimate of drug-likeness (QED) is 0.631. The van der Waals surface area contributed by atoms with Crippen molar-refractivity contribution in [2.75, 3.05) is 13.1 Å². The van der Waals surface area contributed by atoms with Gasteiger partial charge in [0.1, 0.15) is 6.61 Å². The summed E-state index contributed by atoms with van der Waals surface area (Å²) in [6.45, 7) is 3.37. The van der Waals surface area contributed by atoms with Gasteiger partial charge in [0.05, 0.1) is 10.6 Å². The van der Waals surface area contributed by atoms with Crippen molar-refractivity contribution >= 4 is 15.7 Å². The second-order valence-corrected chi connectivity index (χ2v) is 8.88. The zero-order valence-corrected chi connectivity index (χ0v) is 17.1. The highest BCUT2D eigenvalue weighted by Crippen LogP contribution is 2.21. The lowest BCUT2D eigenvalue weighted by Crippen LogP contribution is -2.38. The Morgan fingerprint density at radius 3 is 2.50 bits per heavy atom. The summed E-state index contributed by atoms with van der Waals surface area (Å²) in [5, 5.41) is 4.18. The van der Waals surface area contributed by atoms with E-state index in [1.807, 2.05) is 24.3 Å². The largest absolute Gasteiger partial charge is 0.391 e. The zero-order valence-electron chi connectivity index (χ0n) is 16.3. The standard InChI is InChI=1S/C21H27N3O3S/c1-2-3-5-18-7-9-21(10-8-18)28(25,26)24-14-11-20(12-15-24)23-27-17-19-6-4-13-22-16-19/h4,6-10,13,16H,2-3,5,11-12,14-15,17H2,1H3. The van der Waals surface area contributed by atoms with E-state index >= 15 is 0 Å². The molecule has 3 rings (SSSR count). The number of rotatable bonds is 8. The molecule has 1 saturated heterocycles. The highest BCUT2D eigenvalue weighted by molar-refractivity contribution is 7.89. The van der Waals surface area contributed by atoms with Crippen LogP contribution in [-0.2, 0) is 27.9 Å². The summed E-state index contributed by atoms with van der Waals surface area (Å²) in [6.07, 6.45) is 7.85. The molecule has 0 saturated carbocycles. The molecule has 1 aliphatic rings. The maximum Gasteiger partial charge on any atom is 0.243 e. The van der Waals surface area contributed by atoms with Crippen molar-refractivity contribution in [1.82, 2.24) is 9.29 Å². The molecule has 0 radical (unpaired) electrons. The summed E-state index contributed by atoms with van der Waals surface area (Å²) in [6, 6.07) is 11.1. The van der Waals surface area contributed by atoms with Gasteiger partial charge in [-0.3, -0.25) is 4.98 Å². The van der Waals surface area contributed by atoms with Crippen molar-refractivity contribution in [3.63, 3.8) is 0 Å². The number of oxime groups is 1.